The summed E-state index contributed by atoms with van der Waals surface area (Å²) in [5.74, 6) is 2.13. The van der Waals surface area contributed by atoms with Crippen LogP contribution < -0.4 is 5.32 Å². The van der Waals surface area contributed by atoms with Crippen LogP contribution >= 0.6 is 0 Å². The Morgan fingerprint density at radius 2 is 2.24 bits per heavy atom. The van der Waals surface area contributed by atoms with Gasteiger partial charge in [-0.15, -0.1) is 0 Å². The van der Waals surface area contributed by atoms with E-state index in [0.29, 0.717) is 30.6 Å². The van der Waals surface area contributed by atoms with E-state index in [1.54, 1.807) is 18.4 Å². The van der Waals surface area contributed by atoms with Crippen molar-refractivity contribution in [2.45, 2.75) is 38.6 Å². The van der Waals surface area contributed by atoms with Crippen molar-refractivity contribution in [2.24, 2.45) is 17.8 Å². The zero-order chi connectivity index (χ0) is 14.7. The Morgan fingerprint density at radius 3 is 2.90 bits per heavy atom. The van der Waals surface area contributed by atoms with E-state index in [0.717, 1.165) is 12.3 Å². The fraction of sp³-hybridized carbons (Fsp3) is 0.625. The first-order valence-electron chi connectivity index (χ1n) is 7.65. The van der Waals surface area contributed by atoms with E-state index in [2.05, 4.69) is 5.32 Å². The van der Waals surface area contributed by atoms with E-state index in [4.69, 9.17) is 9.15 Å². The third-order valence-electron chi connectivity index (χ3n) is 4.72. The Kier molecular flexibility index (Phi) is 4.27. The summed E-state index contributed by atoms with van der Waals surface area (Å²) in [6, 6.07) is 3.54. The molecular weight excluding hydrogens is 270 g/mol. The van der Waals surface area contributed by atoms with Gasteiger partial charge in [0.1, 0.15) is 5.76 Å². The van der Waals surface area contributed by atoms with Crippen LogP contribution in [0.1, 0.15) is 37.9 Å². The summed E-state index contributed by atoms with van der Waals surface area (Å²) >= 11 is 0. The molecule has 2 aliphatic carbocycles. The summed E-state index contributed by atoms with van der Waals surface area (Å²) in [4.78, 5) is 23.4. The third-order valence-corrected chi connectivity index (χ3v) is 4.72. The monoisotopic (exact) mass is 291 g/mol. The van der Waals surface area contributed by atoms with Gasteiger partial charge >= 0.3 is 5.97 Å². The molecule has 0 unspecified atom stereocenters. The SMILES string of the molecule is O=C(COC(=O)C[C@@H]1C[C@H]2CC[C@@H]1C2)NCc1ccco1. The highest BCUT2D eigenvalue weighted by molar-refractivity contribution is 5.80. The van der Waals surface area contributed by atoms with Crippen molar-refractivity contribution < 1.29 is 18.7 Å². The Labute approximate surface area is 124 Å². The number of carbonyl (C=O) groups is 2. The van der Waals surface area contributed by atoms with E-state index in [-0.39, 0.29) is 18.5 Å². The Morgan fingerprint density at radius 1 is 1.33 bits per heavy atom. The molecule has 1 heterocycles. The van der Waals surface area contributed by atoms with Crippen molar-refractivity contribution in [3.63, 3.8) is 0 Å². The van der Waals surface area contributed by atoms with Gasteiger partial charge in [0.25, 0.3) is 5.91 Å². The van der Waals surface area contributed by atoms with E-state index in [1.165, 1.54) is 19.3 Å². The van der Waals surface area contributed by atoms with Gasteiger partial charge in [0, 0.05) is 6.42 Å². The molecule has 1 amide bonds. The number of hydrogen-bond donors (Lipinski definition) is 1. The molecule has 0 saturated heterocycles. The first-order valence-corrected chi connectivity index (χ1v) is 7.65. The van der Waals surface area contributed by atoms with Crippen LogP contribution in [0, 0.1) is 17.8 Å². The number of hydrogen-bond acceptors (Lipinski definition) is 4. The van der Waals surface area contributed by atoms with Crippen molar-refractivity contribution in [3.05, 3.63) is 24.2 Å². The normalized spacial score (nSPS) is 26.8. The number of furan rings is 1. The minimum Gasteiger partial charge on any atom is -0.467 e. The quantitative estimate of drug-likeness (QED) is 0.816. The molecule has 2 saturated carbocycles. The van der Waals surface area contributed by atoms with Crippen molar-refractivity contribution in [1.29, 1.82) is 0 Å². The fourth-order valence-electron chi connectivity index (χ4n) is 3.70. The lowest BCUT2D eigenvalue weighted by molar-refractivity contribution is -0.149. The third kappa shape index (κ3) is 3.65. The van der Waals surface area contributed by atoms with Gasteiger partial charge in [0.15, 0.2) is 6.61 Å². The van der Waals surface area contributed by atoms with E-state index >= 15 is 0 Å². The summed E-state index contributed by atoms with van der Waals surface area (Å²) < 4.78 is 10.2. The Balaban J connectivity index is 1.33. The van der Waals surface area contributed by atoms with Gasteiger partial charge in [0.05, 0.1) is 12.8 Å². The summed E-state index contributed by atoms with van der Waals surface area (Å²) in [6.45, 7) is 0.107. The molecule has 1 N–H and O–H groups in total. The van der Waals surface area contributed by atoms with Crippen molar-refractivity contribution in [1.82, 2.24) is 5.32 Å². The van der Waals surface area contributed by atoms with Crippen molar-refractivity contribution in [2.75, 3.05) is 6.61 Å². The average Bonchev–Trinajstić information content (AvgIpc) is 3.20. The second-order valence-electron chi connectivity index (χ2n) is 6.16. The zero-order valence-electron chi connectivity index (χ0n) is 12.0. The highest BCUT2D eigenvalue weighted by Gasteiger charge is 2.40. The lowest BCUT2D eigenvalue weighted by atomic mass is 9.86. The van der Waals surface area contributed by atoms with Crippen molar-refractivity contribution in [3.8, 4) is 0 Å². The van der Waals surface area contributed by atoms with Crippen molar-refractivity contribution >= 4 is 11.9 Å². The molecular formula is C16H21NO4. The molecule has 0 spiro atoms. The van der Waals surface area contributed by atoms with Crippen LogP contribution in [0.15, 0.2) is 22.8 Å². The van der Waals surface area contributed by atoms with E-state index in [1.807, 2.05) is 0 Å². The van der Waals surface area contributed by atoms with Gasteiger partial charge in [-0.2, -0.15) is 0 Å². The van der Waals surface area contributed by atoms with Crippen LogP contribution in [0.3, 0.4) is 0 Å². The molecule has 3 rings (SSSR count). The van der Waals surface area contributed by atoms with Crippen LogP contribution in [0.5, 0.6) is 0 Å². The van der Waals surface area contributed by atoms with E-state index < -0.39 is 0 Å². The van der Waals surface area contributed by atoms with Gasteiger partial charge in [-0.25, -0.2) is 0 Å². The van der Waals surface area contributed by atoms with Gasteiger partial charge in [-0.1, -0.05) is 6.42 Å². The van der Waals surface area contributed by atoms with Crippen LogP contribution in [-0.4, -0.2) is 18.5 Å². The van der Waals surface area contributed by atoms with Gasteiger partial charge in [-0.3, -0.25) is 9.59 Å². The number of rotatable bonds is 6. The number of amides is 1. The summed E-state index contributed by atoms with van der Waals surface area (Å²) in [7, 11) is 0. The summed E-state index contributed by atoms with van der Waals surface area (Å²) in [5, 5.41) is 2.65. The number of carbonyl (C=O) groups excluding carboxylic acids is 2. The molecule has 5 nitrogen and oxygen atoms in total. The predicted molar refractivity (Wildman–Crippen MR) is 75.1 cm³/mol. The van der Waals surface area contributed by atoms with Crippen LogP contribution in [-0.2, 0) is 20.9 Å². The maximum absolute atomic E-state index is 11.8. The minimum atomic E-state index is -0.298. The largest absolute Gasteiger partial charge is 0.467 e. The molecule has 0 radical (unpaired) electrons. The highest BCUT2D eigenvalue weighted by Crippen LogP contribution is 2.49. The standard InChI is InChI=1S/C16H21NO4/c18-15(17-9-14-2-1-5-20-14)10-21-16(19)8-13-7-11-3-4-12(13)6-11/h1-2,5,11-13H,3-4,6-10H2,(H,17,18)/t11-,12+,13-/m0/s1. The smallest absolute Gasteiger partial charge is 0.306 e. The maximum atomic E-state index is 11.8. The molecule has 1 aromatic rings. The first kappa shape index (κ1) is 14.2. The average molecular weight is 291 g/mol. The maximum Gasteiger partial charge on any atom is 0.306 e. The van der Waals surface area contributed by atoms with Crippen LogP contribution in [0.2, 0.25) is 0 Å². The second kappa shape index (κ2) is 6.33. The van der Waals surface area contributed by atoms with Gasteiger partial charge in [0.2, 0.25) is 0 Å². The number of fused-ring (bicyclic) bond motifs is 2. The Bertz CT molecular complexity index is 496. The van der Waals surface area contributed by atoms with E-state index in [9.17, 15) is 9.59 Å². The molecule has 5 heteroatoms. The fourth-order valence-corrected chi connectivity index (χ4v) is 3.70. The Hall–Kier alpha value is -1.78. The molecule has 2 fully saturated rings. The van der Waals surface area contributed by atoms with Crippen LogP contribution in [0.4, 0.5) is 0 Å². The molecule has 2 bridgehead atoms. The molecule has 0 aliphatic heterocycles. The molecule has 3 atom stereocenters. The van der Waals surface area contributed by atoms with Gasteiger partial charge < -0.3 is 14.5 Å². The summed E-state index contributed by atoms with van der Waals surface area (Å²) in [5.41, 5.74) is 0. The predicted octanol–water partition coefficient (Wildman–Crippen LogP) is 2.27. The number of nitrogens with one attached hydrogen (secondary N) is 1. The van der Waals surface area contributed by atoms with Gasteiger partial charge in [-0.05, 0) is 49.1 Å². The lowest BCUT2D eigenvalue weighted by Crippen LogP contribution is -2.28. The second-order valence-corrected chi connectivity index (χ2v) is 6.16. The van der Waals surface area contributed by atoms with Crippen LogP contribution in [0.25, 0.3) is 0 Å². The lowest BCUT2D eigenvalue weighted by Gasteiger charge is -2.20. The molecule has 114 valence electrons. The first-order chi connectivity index (χ1) is 10.2. The summed E-state index contributed by atoms with van der Waals surface area (Å²) in [6.07, 6.45) is 7.03. The topological polar surface area (TPSA) is 68.5 Å². The number of esters is 1. The minimum absolute atomic E-state index is 0.208. The zero-order valence-corrected chi connectivity index (χ0v) is 12.0. The molecule has 2 aliphatic rings. The molecule has 0 aromatic carbocycles. The molecule has 1 aromatic heterocycles. The highest BCUT2D eigenvalue weighted by atomic mass is 16.5. The molecule has 21 heavy (non-hydrogen) atoms. The number of ether oxygens (including phenoxy) is 1.